The summed E-state index contributed by atoms with van der Waals surface area (Å²) < 4.78 is 11.5. The Balaban J connectivity index is 0.947. The Bertz CT molecular complexity index is 1810. The Morgan fingerprint density at radius 1 is 0.620 bits per heavy atom. The molecule has 6 atom stereocenters. The number of ether oxygens (including phenoxy) is 2. The topological polar surface area (TPSA) is 116 Å². The Hall–Kier alpha value is -4.60. The van der Waals surface area contributed by atoms with Gasteiger partial charge in [-0.2, -0.15) is 0 Å². The second-order valence-electron chi connectivity index (χ2n) is 17.5. The molecular weight excluding hydrogens is 628 g/mol. The van der Waals surface area contributed by atoms with E-state index in [0.717, 1.165) is 71.0 Å². The van der Waals surface area contributed by atoms with Crippen molar-refractivity contribution >= 4 is 12.2 Å². The van der Waals surface area contributed by atoms with Crippen LogP contribution < -0.4 is 0 Å². The van der Waals surface area contributed by atoms with Gasteiger partial charge in [-0.25, -0.2) is 19.6 Å². The summed E-state index contributed by atoms with van der Waals surface area (Å²) in [7, 11) is 0. The van der Waals surface area contributed by atoms with Gasteiger partial charge < -0.3 is 19.4 Å². The predicted molar refractivity (Wildman–Crippen MR) is 191 cm³/mol. The molecule has 2 aliphatic carbocycles. The highest BCUT2D eigenvalue weighted by Crippen LogP contribution is 2.64. The van der Waals surface area contributed by atoms with E-state index >= 15 is 0 Å². The molecule has 2 saturated carbocycles. The molecule has 50 heavy (non-hydrogen) atoms. The summed E-state index contributed by atoms with van der Waals surface area (Å²) in [5.41, 5.74) is 5.29. The van der Waals surface area contributed by atoms with Crippen molar-refractivity contribution in [3.63, 3.8) is 0 Å². The number of aromatic nitrogens is 4. The molecule has 0 spiro atoms. The van der Waals surface area contributed by atoms with Crippen LogP contribution in [-0.4, -0.2) is 65.2 Å². The first-order valence-corrected chi connectivity index (χ1v) is 17.8. The lowest BCUT2D eigenvalue weighted by molar-refractivity contribution is 0.0164. The number of H-pyrrole nitrogens is 2. The highest BCUT2D eigenvalue weighted by Gasteiger charge is 2.65. The number of hydrogen-bond acceptors (Lipinski definition) is 6. The zero-order valence-corrected chi connectivity index (χ0v) is 30.3. The zero-order chi connectivity index (χ0) is 35.4. The van der Waals surface area contributed by atoms with Gasteiger partial charge in [-0.1, -0.05) is 62.4 Å². The van der Waals surface area contributed by atoms with Crippen molar-refractivity contribution in [2.45, 2.75) is 116 Å². The fourth-order valence-electron chi connectivity index (χ4n) is 8.17. The van der Waals surface area contributed by atoms with E-state index in [-0.39, 0.29) is 47.2 Å². The number of rotatable bonds is 5. The molecule has 2 aliphatic heterocycles. The maximum atomic E-state index is 13.2. The number of nitrogens with zero attached hydrogens (tertiary/aromatic N) is 4. The van der Waals surface area contributed by atoms with E-state index in [1.165, 1.54) is 0 Å². The Morgan fingerprint density at radius 3 is 1.30 bits per heavy atom. The number of aromatic amines is 2. The molecule has 2 aromatic heterocycles. The lowest BCUT2D eigenvalue weighted by atomic mass is 10.0. The molecule has 4 aromatic rings. The van der Waals surface area contributed by atoms with Crippen LogP contribution in [0.25, 0.3) is 33.6 Å². The maximum Gasteiger partial charge on any atom is 0.411 e. The molecule has 4 aliphatic rings. The summed E-state index contributed by atoms with van der Waals surface area (Å²) in [6.07, 6.45) is 6.97. The first-order chi connectivity index (χ1) is 23.5. The Kier molecular flexibility index (Phi) is 7.14. The Morgan fingerprint density at radius 2 is 0.960 bits per heavy atom. The number of benzene rings is 2. The largest absolute Gasteiger partial charge is 0.444 e. The fourth-order valence-corrected chi connectivity index (χ4v) is 8.17. The molecule has 4 fully saturated rings. The molecule has 4 heterocycles. The van der Waals surface area contributed by atoms with Gasteiger partial charge in [-0.3, -0.25) is 9.80 Å². The third-order valence-corrected chi connectivity index (χ3v) is 11.0. The zero-order valence-electron chi connectivity index (χ0n) is 30.3. The molecule has 2 unspecified atom stereocenters. The van der Waals surface area contributed by atoms with Crippen molar-refractivity contribution in [3.05, 3.63) is 72.6 Å². The van der Waals surface area contributed by atoms with Crippen molar-refractivity contribution < 1.29 is 19.1 Å². The van der Waals surface area contributed by atoms with Gasteiger partial charge in [0.15, 0.2) is 0 Å². The minimum atomic E-state index is -0.546. The molecule has 10 heteroatoms. The second kappa shape index (κ2) is 10.9. The van der Waals surface area contributed by atoms with Gasteiger partial charge in [0.1, 0.15) is 22.9 Å². The third-order valence-electron chi connectivity index (χ3n) is 11.0. The molecular formula is C40H48N6O4. The van der Waals surface area contributed by atoms with Gasteiger partial charge in [-0.15, -0.1) is 0 Å². The summed E-state index contributed by atoms with van der Waals surface area (Å²) in [4.78, 5) is 46.6. The second-order valence-corrected chi connectivity index (χ2v) is 17.5. The first kappa shape index (κ1) is 32.6. The summed E-state index contributed by atoms with van der Waals surface area (Å²) >= 11 is 0. The van der Waals surface area contributed by atoms with Gasteiger partial charge in [0, 0.05) is 12.1 Å². The molecule has 0 bridgehead atoms. The highest BCUT2D eigenvalue weighted by molar-refractivity contribution is 5.73. The molecule has 262 valence electrons. The first-order valence-electron chi connectivity index (χ1n) is 17.8. The number of carbonyl (C=O) groups is 2. The van der Waals surface area contributed by atoms with E-state index in [1.807, 2.05) is 63.7 Å². The van der Waals surface area contributed by atoms with Crippen LogP contribution >= 0.6 is 0 Å². The van der Waals surface area contributed by atoms with Crippen LogP contribution in [0, 0.1) is 10.8 Å². The van der Waals surface area contributed by atoms with Crippen LogP contribution in [0.5, 0.6) is 0 Å². The van der Waals surface area contributed by atoms with Gasteiger partial charge in [0.25, 0.3) is 0 Å². The van der Waals surface area contributed by atoms with Gasteiger partial charge in [0.2, 0.25) is 0 Å². The number of fused-ring (bicyclic) bond motifs is 2. The molecule has 2 amide bonds. The van der Waals surface area contributed by atoms with Gasteiger partial charge in [0.05, 0.1) is 35.9 Å². The SMILES string of the molecule is CC(C)(C)OC(=O)N1C2C[C@]2(C)C[C@H]1c1ncc(-c2ccc(-c3ccc(-c4cnc([C@@H]5C[C@@]6(C)CC6N5C(=O)OC(C)(C)C)[nH]4)cc3)cc2)[nH]1. The van der Waals surface area contributed by atoms with Crippen LogP contribution in [-0.2, 0) is 9.47 Å². The van der Waals surface area contributed by atoms with Crippen molar-refractivity contribution in [2.24, 2.45) is 10.8 Å². The monoisotopic (exact) mass is 676 g/mol. The molecule has 2 saturated heterocycles. The average molecular weight is 677 g/mol. The number of nitrogens with one attached hydrogen (secondary N) is 2. The smallest absolute Gasteiger partial charge is 0.411 e. The van der Waals surface area contributed by atoms with Gasteiger partial charge >= 0.3 is 12.2 Å². The molecule has 2 N–H and O–H groups in total. The highest BCUT2D eigenvalue weighted by atomic mass is 16.6. The van der Waals surface area contributed by atoms with Crippen molar-refractivity contribution in [2.75, 3.05) is 0 Å². The normalized spacial score (nSPS) is 28.3. The molecule has 2 aromatic carbocycles. The summed E-state index contributed by atoms with van der Waals surface area (Å²) in [6, 6.07) is 17.0. The summed E-state index contributed by atoms with van der Waals surface area (Å²) in [6.45, 7) is 15.9. The number of imidazole rings is 2. The molecule has 10 nitrogen and oxygen atoms in total. The van der Waals surface area contributed by atoms with E-state index in [2.05, 4.69) is 72.3 Å². The van der Waals surface area contributed by atoms with E-state index in [4.69, 9.17) is 19.4 Å². The lowest BCUT2D eigenvalue weighted by Gasteiger charge is -2.29. The van der Waals surface area contributed by atoms with E-state index in [1.54, 1.807) is 0 Å². The number of piperidine rings is 2. The fraction of sp³-hybridized carbons (Fsp3) is 0.500. The van der Waals surface area contributed by atoms with E-state index in [9.17, 15) is 9.59 Å². The number of likely N-dealkylation sites (tertiary alicyclic amines) is 2. The van der Waals surface area contributed by atoms with E-state index < -0.39 is 11.2 Å². The van der Waals surface area contributed by atoms with Crippen LogP contribution in [0.2, 0.25) is 0 Å². The van der Waals surface area contributed by atoms with E-state index in [0.29, 0.717) is 0 Å². The minimum absolute atomic E-state index is 0.123. The van der Waals surface area contributed by atoms with Crippen LogP contribution in [0.1, 0.15) is 105 Å². The van der Waals surface area contributed by atoms with Crippen LogP contribution in [0.4, 0.5) is 9.59 Å². The van der Waals surface area contributed by atoms with Crippen molar-refractivity contribution in [1.29, 1.82) is 0 Å². The molecule has 8 rings (SSSR count). The summed E-state index contributed by atoms with van der Waals surface area (Å²) in [5, 5.41) is 0. The van der Waals surface area contributed by atoms with Crippen molar-refractivity contribution in [1.82, 2.24) is 29.7 Å². The number of carbonyl (C=O) groups excluding carboxylic acids is 2. The van der Waals surface area contributed by atoms with Crippen LogP contribution in [0.15, 0.2) is 60.9 Å². The third kappa shape index (κ3) is 5.86. The van der Waals surface area contributed by atoms with Gasteiger partial charge in [-0.05, 0) is 100 Å². The average Bonchev–Trinajstić information content (AvgIpc) is 3.51. The Labute approximate surface area is 294 Å². The number of hydrogen-bond donors (Lipinski definition) is 2. The number of amides is 2. The molecule has 0 radical (unpaired) electrons. The maximum absolute atomic E-state index is 13.2. The minimum Gasteiger partial charge on any atom is -0.444 e. The standard InChI is InChI=1S/C40H48N6O4/c1-37(2,3)49-35(47)45-29(17-39(7)19-31(39)45)33-41-21-27(43-33)25-13-9-23(10-14-25)24-11-15-26(16-12-24)28-22-42-34(44-28)30-18-40(8)20-32(40)46(30)36(48)50-38(4,5)6/h9-16,21-22,29-32H,17-20H2,1-8H3,(H,41,43)(H,42,44)/t29-,30-,31?,32?,39-,40-/m0/s1. The quantitative estimate of drug-likeness (QED) is 0.218. The summed E-state index contributed by atoms with van der Waals surface area (Å²) in [5.74, 6) is 1.61. The van der Waals surface area contributed by atoms with Crippen molar-refractivity contribution in [3.8, 4) is 33.6 Å². The predicted octanol–water partition coefficient (Wildman–Crippen LogP) is 9.05. The lowest BCUT2D eigenvalue weighted by Crippen LogP contribution is -2.38. The van der Waals surface area contributed by atoms with Crippen LogP contribution in [0.3, 0.4) is 0 Å².